The molecule has 0 radical (unpaired) electrons. The lowest BCUT2D eigenvalue weighted by Crippen LogP contribution is -2.15. The molecule has 0 saturated heterocycles. The van der Waals surface area contributed by atoms with E-state index in [4.69, 9.17) is 10.2 Å². The van der Waals surface area contributed by atoms with Crippen LogP contribution in [0.15, 0.2) is 30.3 Å². The molecule has 0 aromatic heterocycles. The lowest BCUT2D eigenvalue weighted by Gasteiger charge is -2.09. The van der Waals surface area contributed by atoms with Crippen LogP contribution in [0.1, 0.15) is 15.9 Å². The number of aliphatic hydroxyl groups is 1. The molecule has 7 heteroatoms. The van der Waals surface area contributed by atoms with Gasteiger partial charge >= 0.3 is 0 Å². The Morgan fingerprint density at radius 1 is 1.14 bits per heavy atom. The third-order valence-corrected chi connectivity index (χ3v) is 2.75. The topological polar surface area (TPSA) is 69.6 Å². The Morgan fingerprint density at radius 3 is 2.52 bits per heavy atom. The number of halogens is 3. The van der Waals surface area contributed by atoms with Gasteiger partial charge < -0.3 is 15.5 Å². The van der Waals surface area contributed by atoms with E-state index < -0.39 is 34.7 Å². The van der Waals surface area contributed by atoms with Gasteiger partial charge in [0.15, 0.2) is 17.4 Å². The van der Waals surface area contributed by atoms with Crippen molar-refractivity contribution < 1.29 is 28.2 Å². The summed E-state index contributed by atoms with van der Waals surface area (Å²) in [6, 6.07) is 6.39. The summed E-state index contributed by atoms with van der Waals surface area (Å²) in [5.41, 5.74) is -0.0996. The van der Waals surface area contributed by atoms with Crippen molar-refractivity contribution in [3.05, 3.63) is 58.9 Å². The molecule has 0 unspecified atom stereocenters. The average molecular weight is 297 g/mol. The summed E-state index contributed by atoms with van der Waals surface area (Å²) < 4.78 is 39.6. The first kappa shape index (κ1) is 14.9. The number of hydrogen-bond acceptors (Lipinski definition) is 3. The number of nitrogens with one attached hydrogen (secondary N) is 1. The molecule has 2 aromatic carbocycles. The van der Waals surface area contributed by atoms with Crippen molar-refractivity contribution >= 4 is 11.6 Å². The van der Waals surface area contributed by atoms with Gasteiger partial charge in [-0.25, -0.2) is 8.78 Å². The van der Waals surface area contributed by atoms with Gasteiger partial charge in [0.05, 0.1) is 12.2 Å². The van der Waals surface area contributed by atoms with Crippen molar-refractivity contribution in [2.24, 2.45) is 0 Å². The molecule has 21 heavy (non-hydrogen) atoms. The number of carbonyl (C=O) groups excluding carboxylic acids is 1. The van der Waals surface area contributed by atoms with E-state index in [-0.39, 0.29) is 12.3 Å². The van der Waals surface area contributed by atoms with Crippen LogP contribution in [0.5, 0.6) is 5.75 Å². The minimum atomic E-state index is -1.76. The molecule has 3 N–H and O–H groups in total. The van der Waals surface area contributed by atoms with Crippen molar-refractivity contribution in [1.82, 2.24) is 0 Å². The smallest absolute Gasteiger partial charge is 0.258 e. The highest BCUT2D eigenvalue weighted by molar-refractivity contribution is 6.04. The number of rotatable bonds is 3. The van der Waals surface area contributed by atoms with Crippen LogP contribution in [0.3, 0.4) is 0 Å². The molecule has 0 aliphatic carbocycles. The Balaban J connectivity index is 2.32. The Bertz CT molecular complexity index is 704. The second-order valence-corrected chi connectivity index (χ2v) is 4.20. The third kappa shape index (κ3) is 2.97. The van der Waals surface area contributed by atoms with Gasteiger partial charge in [-0.15, -0.1) is 0 Å². The van der Waals surface area contributed by atoms with E-state index in [2.05, 4.69) is 5.32 Å². The maximum Gasteiger partial charge on any atom is 0.258 e. The lowest BCUT2D eigenvalue weighted by atomic mass is 10.1. The second kappa shape index (κ2) is 5.84. The van der Waals surface area contributed by atoms with Crippen LogP contribution >= 0.6 is 0 Å². The molecule has 0 aliphatic heterocycles. The average Bonchev–Trinajstić information content (AvgIpc) is 2.48. The summed E-state index contributed by atoms with van der Waals surface area (Å²) in [4.78, 5) is 11.8. The number of phenolic OH excluding ortho intramolecular Hbond substituents is 1. The zero-order chi connectivity index (χ0) is 15.6. The van der Waals surface area contributed by atoms with Gasteiger partial charge in [0, 0.05) is 5.69 Å². The van der Waals surface area contributed by atoms with Crippen molar-refractivity contribution in [2.75, 3.05) is 5.32 Å². The Kier molecular flexibility index (Phi) is 4.13. The molecule has 0 saturated carbocycles. The first-order valence-electron chi connectivity index (χ1n) is 5.81. The SMILES string of the molecule is O=C(Nc1cccc(CO)c1)c1cc(F)c(F)c(O)c1F. The summed E-state index contributed by atoms with van der Waals surface area (Å²) in [5, 5.41) is 20.3. The first-order valence-corrected chi connectivity index (χ1v) is 5.81. The quantitative estimate of drug-likeness (QED) is 0.763. The van der Waals surface area contributed by atoms with Crippen LogP contribution in [0.25, 0.3) is 0 Å². The molecule has 0 aliphatic rings. The third-order valence-electron chi connectivity index (χ3n) is 2.75. The number of aromatic hydroxyl groups is 1. The predicted octanol–water partition coefficient (Wildman–Crippen LogP) is 2.55. The Hall–Kier alpha value is -2.54. The van der Waals surface area contributed by atoms with Crippen LogP contribution in [0, 0.1) is 17.5 Å². The van der Waals surface area contributed by atoms with E-state index in [1.165, 1.54) is 12.1 Å². The van der Waals surface area contributed by atoms with E-state index in [0.29, 0.717) is 11.6 Å². The predicted molar refractivity (Wildman–Crippen MR) is 68.3 cm³/mol. The normalized spacial score (nSPS) is 10.5. The number of benzene rings is 2. The monoisotopic (exact) mass is 297 g/mol. The van der Waals surface area contributed by atoms with Gasteiger partial charge in [-0.2, -0.15) is 4.39 Å². The molecule has 0 heterocycles. The van der Waals surface area contributed by atoms with Gasteiger partial charge in [-0.05, 0) is 23.8 Å². The number of phenols is 1. The molecule has 110 valence electrons. The molecule has 1 amide bonds. The highest BCUT2D eigenvalue weighted by Gasteiger charge is 2.22. The minimum Gasteiger partial charge on any atom is -0.503 e. The number of anilines is 1. The summed E-state index contributed by atoms with van der Waals surface area (Å²) in [7, 11) is 0. The molecular weight excluding hydrogens is 287 g/mol. The standard InChI is InChI=1S/C14H10F3NO3/c15-10-5-9(11(16)13(20)12(10)17)14(21)18-8-3-1-2-7(4-8)6-19/h1-5,19-20H,6H2,(H,18,21). The van der Waals surface area contributed by atoms with E-state index >= 15 is 0 Å². The maximum atomic E-state index is 13.6. The van der Waals surface area contributed by atoms with E-state index in [1.54, 1.807) is 12.1 Å². The summed E-state index contributed by atoms with van der Waals surface area (Å²) >= 11 is 0. The second-order valence-electron chi connectivity index (χ2n) is 4.20. The van der Waals surface area contributed by atoms with Gasteiger partial charge in [0.25, 0.3) is 5.91 Å². The minimum absolute atomic E-state index is 0.232. The van der Waals surface area contributed by atoms with Crippen molar-refractivity contribution in [3.63, 3.8) is 0 Å². The van der Waals surface area contributed by atoms with Crippen LogP contribution in [0.2, 0.25) is 0 Å². The molecule has 2 aromatic rings. The van der Waals surface area contributed by atoms with Gasteiger partial charge in [0.1, 0.15) is 0 Å². The fourth-order valence-corrected chi connectivity index (χ4v) is 1.70. The highest BCUT2D eigenvalue weighted by Crippen LogP contribution is 2.26. The van der Waals surface area contributed by atoms with Crippen LogP contribution in [-0.4, -0.2) is 16.1 Å². The molecule has 0 bridgehead atoms. The summed E-state index contributed by atoms with van der Waals surface area (Å²) in [6.07, 6.45) is 0. The van der Waals surface area contributed by atoms with Crippen molar-refractivity contribution in [1.29, 1.82) is 0 Å². The van der Waals surface area contributed by atoms with E-state index in [0.717, 1.165) is 0 Å². The van der Waals surface area contributed by atoms with Crippen molar-refractivity contribution in [3.8, 4) is 5.75 Å². The maximum absolute atomic E-state index is 13.6. The van der Waals surface area contributed by atoms with Gasteiger partial charge in [-0.3, -0.25) is 4.79 Å². The Morgan fingerprint density at radius 2 is 1.86 bits per heavy atom. The van der Waals surface area contributed by atoms with Gasteiger partial charge in [-0.1, -0.05) is 12.1 Å². The molecule has 2 rings (SSSR count). The summed E-state index contributed by atoms with van der Waals surface area (Å²) in [5.74, 6) is -7.46. The largest absolute Gasteiger partial charge is 0.503 e. The highest BCUT2D eigenvalue weighted by atomic mass is 19.2. The number of carbonyl (C=O) groups is 1. The number of aliphatic hydroxyl groups excluding tert-OH is 1. The van der Waals surface area contributed by atoms with Crippen molar-refractivity contribution in [2.45, 2.75) is 6.61 Å². The molecule has 0 atom stereocenters. The van der Waals surface area contributed by atoms with E-state index in [1.807, 2.05) is 0 Å². The van der Waals surface area contributed by atoms with Crippen LogP contribution in [0.4, 0.5) is 18.9 Å². The summed E-state index contributed by atoms with van der Waals surface area (Å²) in [6.45, 7) is -0.260. The number of amides is 1. The number of hydrogen-bond donors (Lipinski definition) is 3. The zero-order valence-corrected chi connectivity index (χ0v) is 10.5. The van der Waals surface area contributed by atoms with Crippen LogP contribution in [-0.2, 0) is 6.61 Å². The lowest BCUT2D eigenvalue weighted by molar-refractivity contribution is 0.102. The molecule has 0 spiro atoms. The van der Waals surface area contributed by atoms with Gasteiger partial charge in [0.2, 0.25) is 5.82 Å². The molecule has 0 fully saturated rings. The Labute approximate surface area is 117 Å². The van der Waals surface area contributed by atoms with E-state index in [9.17, 15) is 18.0 Å². The first-order chi connectivity index (χ1) is 9.93. The zero-order valence-electron chi connectivity index (χ0n) is 10.5. The molecule has 4 nitrogen and oxygen atoms in total. The fourth-order valence-electron chi connectivity index (χ4n) is 1.70. The van der Waals surface area contributed by atoms with Crippen LogP contribution < -0.4 is 5.32 Å². The fraction of sp³-hybridized carbons (Fsp3) is 0.0714. The molecular formula is C14H10F3NO3.